The predicted molar refractivity (Wildman–Crippen MR) is 77.2 cm³/mol. The minimum Gasteiger partial charge on any atom is -0.484 e. The van der Waals surface area contributed by atoms with Crippen molar-refractivity contribution >= 4 is 27.5 Å². The summed E-state index contributed by atoms with van der Waals surface area (Å²) in [5.41, 5.74) is 1.73. The number of carbonyl (C=O) groups is 1. The van der Waals surface area contributed by atoms with Crippen LogP contribution in [0.15, 0.2) is 47.2 Å². The Morgan fingerprint density at radius 1 is 1.37 bits per heavy atom. The summed E-state index contributed by atoms with van der Waals surface area (Å²) in [4.78, 5) is 15.7. The number of hydrogen-bond donors (Lipinski definition) is 1. The van der Waals surface area contributed by atoms with Crippen LogP contribution in [0.1, 0.15) is 5.56 Å². The molecule has 1 N–H and O–H groups in total. The number of carbonyl (C=O) groups excluding carboxylic acids is 1. The lowest BCUT2D eigenvalue weighted by molar-refractivity contribution is -0.118. The van der Waals surface area contributed by atoms with Crippen molar-refractivity contribution in [1.29, 1.82) is 0 Å². The van der Waals surface area contributed by atoms with Gasteiger partial charge in [-0.1, -0.05) is 12.1 Å². The molecule has 0 radical (unpaired) electrons. The first-order valence-corrected chi connectivity index (χ1v) is 6.53. The van der Waals surface area contributed by atoms with Gasteiger partial charge in [0.25, 0.3) is 5.91 Å². The van der Waals surface area contributed by atoms with Crippen LogP contribution < -0.4 is 10.1 Å². The van der Waals surface area contributed by atoms with Crippen LogP contribution in [0, 0.1) is 6.92 Å². The second-order valence-corrected chi connectivity index (χ2v) is 4.84. The molecular formula is C14H13BrN2O2. The third kappa shape index (κ3) is 4.37. The first-order valence-electron chi connectivity index (χ1n) is 5.74. The van der Waals surface area contributed by atoms with E-state index in [0.29, 0.717) is 11.4 Å². The van der Waals surface area contributed by atoms with E-state index in [1.165, 1.54) is 0 Å². The van der Waals surface area contributed by atoms with Gasteiger partial charge in [0, 0.05) is 0 Å². The van der Waals surface area contributed by atoms with Gasteiger partial charge in [-0.2, -0.15) is 0 Å². The number of nitrogens with one attached hydrogen (secondary N) is 1. The number of pyridine rings is 1. The average molecular weight is 321 g/mol. The summed E-state index contributed by atoms with van der Waals surface area (Å²) < 4.78 is 6.13. The summed E-state index contributed by atoms with van der Waals surface area (Å²) in [6.45, 7) is 1.94. The molecular weight excluding hydrogens is 308 g/mol. The fourth-order valence-corrected chi connectivity index (χ4v) is 1.74. The van der Waals surface area contributed by atoms with Gasteiger partial charge in [-0.3, -0.25) is 4.79 Å². The molecule has 0 unspecified atom stereocenters. The Bertz CT molecular complexity index is 570. The van der Waals surface area contributed by atoms with Gasteiger partial charge in [0.05, 0.1) is 11.9 Å². The molecule has 4 nitrogen and oxygen atoms in total. The SMILES string of the molecule is Cc1cccc(OCC(=O)Nc2ccc(Br)nc2)c1. The molecule has 0 fully saturated rings. The Labute approximate surface area is 119 Å². The van der Waals surface area contributed by atoms with Crippen molar-refractivity contribution in [2.24, 2.45) is 0 Å². The quantitative estimate of drug-likeness (QED) is 0.880. The van der Waals surface area contributed by atoms with E-state index in [1.807, 2.05) is 31.2 Å². The number of rotatable bonds is 4. The highest BCUT2D eigenvalue weighted by Gasteiger charge is 2.04. The number of aromatic nitrogens is 1. The number of benzene rings is 1. The highest BCUT2D eigenvalue weighted by molar-refractivity contribution is 9.10. The third-order valence-corrected chi connectivity index (χ3v) is 2.84. The summed E-state index contributed by atoms with van der Waals surface area (Å²) in [6.07, 6.45) is 1.58. The Kier molecular flexibility index (Phi) is 4.52. The van der Waals surface area contributed by atoms with E-state index in [9.17, 15) is 4.79 Å². The molecule has 1 amide bonds. The van der Waals surface area contributed by atoms with Gasteiger partial charge in [-0.25, -0.2) is 4.98 Å². The fourth-order valence-electron chi connectivity index (χ4n) is 1.50. The lowest BCUT2D eigenvalue weighted by atomic mass is 10.2. The van der Waals surface area contributed by atoms with Crippen molar-refractivity contribution in [3.8, 4) is 5.75 Å². The smallest absolute Gasteiger partial charge is 0.262 e. The molecule has 0 aliphatic heterocycles. The lowest BCUT2D eigenvalue weighted by Gasteiger charge is -2.07. The van der Waals surface area contributed by atoms with Gasteiger partial charge in [-0.05, 0) is 52.7 Å². The first kappa shape index (κ1) is 13.5. The van der Waals surface area contributed by atoms with Crippen molar-refractivity contribution < 1.29 is 9.53 Å². The molecule has 2 aromatic rings. The molecule has 1 aromatic heterocycles. The fraction of sp³-hybridized carbons (Fsp3) is 0.143. The molecule has 1 aromatic carbocycles. The first-order chi connectivity index (χ1) is 9.13. The van der Waals surface area contributed by atoms with Crippen molar-refractivity contribution in [3.05, 3.63) is 52.8 Å². The van der Waals surface area contributed by atoms with E-state index in [2.05, 4.69) is 26.2 Å². The predicted octanol–water partition coefficient (Wildman–Crippen LogP) is 3.17. The maximum absolute atomic E-state index is 11.7. The van der Waals surface area contributed by atoms with Crippen LogP contribution in [-0.4, -0.2) is 17.5 Å². The van der Waals surface area contributed by atoms with Gasteiger partial charge in [0.2, 0.25) is 0 Å². The average Bonchev–Trinajstić information content (AvgIpc) is 2.39. The van der Waals surface area contributed by atoms with Crippen LogP contribution in [0.4, 0.5) is 5.69 Å². The Morgan fingerprint density at radius 3 is 2.89 bits per heavy atom. The minimum atomic E-state index is -0.217. The van der Waals surface area contributed by atoms with E-state index in [0.717, 1.165) is 10.2 Å². The molecule has 0 saturated heterocycles. The number of anilines is 1. The summed E-state index contributed by atoms with van der Waals surface area (Å²) in [5.74, 6) is 0.467. The monoisotopic (exact) mass is 320 g/mol. The van der Waals surface area contributed by atoms with Crippen LogP contribution >= 0.6 is 15.9 Å². The van der Waals surface area contributed by atoms with Crippen LogP contribution in [-0.2, 0) is 4.79 Å². The van der Waals surface area contributed by atoms with Crippen molar-refractivity contribution in [2.45, 2.75) is 6.92 Å². The number of aryl methyl sites for hydroxylation is 1. The van der Waals surface area contributed by atoms with E-state index in [-0.39, 0.29) is 12.5 Å². The zero-order valence-electron chi connectivity index (χ0n) is 10.4. The van der Waals surface area contributed by atoms with Gasteiger partial charge >= 0.3 is 0 Å². The number of ether oxygens (including phenoxy) is 1. The molecule has 5 heteroatoms. The van der Waals surface area contributed by atoms with Gasteiger partial charge < -0.3 is 10.1 Å². The molecule has 0 saturated carbocycles. The molecule has 0 atom stereocenters. The number of hydrogen-bond acceptors (Lipinski definition) is 3. The standard InChI is InChI=1S/C14H13BrN2O2/c1-10-3-2-4-12(7-10)19-9-14(18)17-11-5-6-13(15)16-8-11/h2-8H,9H2,1H3,(H,17,18). The molecule has 2 rings (SSSR count). The molecule has 0 spiro atoms. The molecule has 0 bridgehead atoms. The zero-order valence-corrected chi connectivity index (χ0v) is 12.0. The number of amides is 1. The highest BCUT2D eigenvalue weighted by Crippen LogP contribution is 2.13. The Hall–Kier alpha value is -1.88. The molecule has 0 aliphatic rings. The maximum atomic E-state index is 11.7. The summed E-state index contributed by atoms with van der Waals surface area (Å²) in [6, 6.07) is 11.1. The van der Waals surface area contributed by atoms with Crippen LogP contribution in [0.2, 0.25) is 0 Å². The van der Waals surface area contributed by atoms with E-state index in [1.54, 1.807) is 18.3 Å². The van der Waals surface area contributed by atoms with Crippen molar-refractivity contribution in [1.82, 2.24) is 4.98 Å². The van der Waals surface area contributed by atoms with Crippen molar-refractivity contribution in [2.75, 3.05) is 11.9 Å². The van der Waals surface area contributed by atoms with Crippen molar-refractivity contribution in [3.63, 3.8) is 0 Å². The molecule has 0 aliphatic carbocycles. The molecule has 19 heavy (non-hydrogen) atoms. The third-order valence-electron chi connectivity index (χ3n) is 2.37. The van der Waals surface area contributed by atoms with Gasteiger partial charge in [-0.15, -0.1) is 0 Å². The number of nitrogens with zero attached hydrogens (tertiary/aromatic N) is 1. The number of halogens is 1. The summed E-state index contributed by atoms with van der Waals surface area (Å²) in [7, 11) is 0. The van der Waals surface area contributed by atoms with Crippen LogP contribution in [0.5, 0.6) is 5.75 Å². The van der Waals surface area contributed by atoms with Gasteiger partial charge in [0.1, 0.15) is 10.4 Å². The second-order valence-electron chi connectivity index (χ2n) is 4.02. The molecule has 1 heterocycles. The highest BCUT2D eigenvalue weighted by atomic mass is 79.9. The topological polar surface area (TPSA) is 51.2 Å². The minimum absolute atomic E-state index is 0.0283. The van der Waals surface area contributed by atoms with E-state index < -0.39 is 0 Å². The Morgan fingerprint density at radius 2 is 2.21 bits per heavy atom. The normalized spacial score (nSPS) is 10.0. The van der Waals surface area contributed by atoms with E-state index >= 15 is 0 Å². The van der Waals surface area contributed by atoms with Crippen LogP contribution in [0.3, 0.4) is 0 Å². The van der Waals surface area contributed by atoms with Gasteiger partial charge in [0.15, 0.2) is 6.61 Å². The van der Waals surface area contributed by atoms with E-state index in [4.69, 9.17) is 4.74 Å². The maximum Gasteiger partial charge on any atom is 0.262 e. The summed E-state index contributed by atoms with van der Waals surface area (Å²) in [5, 5.41) is 2.71. The van der Waals surface area contributed by atoms with Crippen LogP contribution in [0.25, 0.3) is 0 Å². The largest absolute Gasteiger partial charge is 0.484 e. The zero-order chi connectivity index (χ0) is 13.7. The molecule has 98 valence electrons. The second kappa shape index (κ2) is 6.33. The lowest BCUT2D eigenvalue weighted by Crippen LogP contribution is -2.20. The summed E-state index contributed by atoms with van der Waals surface area (Å²) >= 11 is 3.23. The Balaban J connectivity index is 1.86.